The van der Waals surface area contributed by atoms with Gasteiger partial charge in [-0.3, -0.25) is 0 Å². The van der Waals surface area contributed by atoms with Gasteiger partial charge in [0, 0.05) is 24.0 Å². The number of likely N-dealkylation sites (tertiary alicyclic amines) is 1. The third-order valence-electron chi connectivity index (χ3n) is 3.51. The van der Waals surface area contributed by atoms with Crippen molar-refractivity contribution in [2.45, 2.75) is 29.9 Å². The van der Waals surface area contributed by atoms with Crippen LogP contribution in [-0.2, 0) is 9.84 Å². The Morgan fingerprint density at radius 1 is 1.40 bits per heavy atom. The molecule has 1 aromatic carbocycles. The highest BCUT2D eigenvalue weighted by Gasteiger charge is 2.33. The van der Waals surface area contributed by atoms with E-state index >= 15 is 0 Å². The van der Waals surface area contributed by atoms with Gasteiger partial charge in [0.15, 0.2) is 9.84 Å². The summed E-state index contributed by atoms with van der Waals surface area (Å²) in [7, 11) is -3.34. The van der Waals surface area contributed by atoms with Gasteiger partial charge in [0.25, 0.3) is 0 Å². The van der Waals surface area contributed by atoms with E-state index < -0.39 is 21.2 Å². The maximum Gasteiger partial charge on any atom is 0.407 e. The van der Waals surface area contributed by atoms with Crippen molar-refractivity contribution >= 4 is 27.5 Å². The number of rotatable bonds is 3. The number of sulfone groups is 1. The topological polar surface area (TPSA) is 74.7 Å². The van der Waals surface area contributed by atoms with E-state index in [1.54, 1.807) is 26.0 Å². The van der Waals surface area contributed by atoms with Crippen LogP contribution in [0.3, 0.4) is 0 Å². The number of hydrogen-bond donors (Lipinski definition) is 1. The normalized spacial score (nSPS) is 16.3. The van der Waals surface area contributed by atoms with Gasteiger partial charge in [-0.25, -0.2) is 13.2 Å². The lowest BCUT2D eigenvalue weighted by atomic mass is 9.92. The first-order chi connectivity index (χ1) is 9.23. The molecule has 1 aliphatic heterocycles. The molecule has 0 bridgehead atoms. The Labute approximate surface area is 123 Å². The number of nitrogens with zero attached hydrogens (tertiary/aromatic N) is 1. The zero-order valence-corrected chi connectivity index (χ0v) is 12.8. The van der Waals surface area contributed by atoms with Crippen LogP contribution in [0.5, 0.6) is 0 Å². The Hall–Kier alpha value is -1.27. The van der Waals surface area contributed by atoms with E-state index in [1.807, 2.05) is 0 Å². The minimum absolute atomic E-state index is 0.0365. The lowest BCUT2D eigenvalue weighted by molar-refractivity contribution is 0.105. The Morgan fingerprint density at radius 2 is 2.00 bits per heavy atom. The van der Waals surface area contributed by atoms with Gasteiger partial charge in [0.2, 0.25) is 0 Å². The summed E-state index contributed by atoms with van der Waals surface area (Å²) in [5, 5.41) is 8.67. The van der Waals surface area contributed by atoms with E-state index in [2.05, 4.69) is 0 Å². The van der Waals surface area contributed by atoms with E-state index in [0.717, 1.165) is 5.56 Å². The highest BCUT2D eigenvalue weighted by molar-refractivity contribution is 7.92. The fourth-order valence-electron chi connectivity index (χ4n) is 2.12. The third-order valence-corrected chi connectivity index (χ3v) is 5.99. The molecule has 5 nitrogen and oxygen atoms in total. The number of benzene rings is 1. The first-order valence-corrected chi connectivity index (χ1v) is 8.17. The van der Waals surface area contributed by atoms with Crippen LogP contribution in [0.25, 0.3) is 0 Å². The molecule has 1 fully saturated rings. The van der Waals surface area contributed by atoms with E-state index in [-0.39, 0.29) is 10.8 Å². The number of amides is 1. The third kappa shape index (κ3) is 2.62. The monoisotopic (exact) mass is 317 g/mol. The summed E-state index contributed by atoms with van der Waals surface area (Å²) in [6.07, 6.45) is -0.948. The predicted molar refractivity (Wildman–Crippen MR) is 76.1 cm³/mol. The second kappa shape index (κ2) is 5.26. The molecule has 7 heteroatoms. The molecular weight excluding hydrogens is 302 g/mol. The van der Waals surface area contributed by atoms with E-state index in [4.69, 9.17) is 16.7 Å². The molecule has 0 unspecified atom stereocenters. The second-order valence-electron chi connectivity index (χ2n) is 5.16. The van der Waals surface area contributed by atoms with Crippen molar-refractivity contribution < 1.29 is 18.3 Å². The molecule has 0 aliphatic carbocycles. The molecule has 0 saturated carbocycles. The van der Waals surface area contributed by atoms with Gasteiger partial charge in [-0.05, 0) is 31.5 Å². The maximum atomic E-state index is 12.0. The zero-order chi connectivity index (χ0) is 15.1. The smallest absolute Gasteiger partial charge is 0.407 e. The molecule has 0 atom stereocenters. The molecule has 1 heterocycles. The summed E-state index contributed by atoms with van der Waals surface area (Å²) in [6, 6.07) is 4.68. The molecule has 110 valence electrons. The van der Waals surface area contributed by atoms with Gasteiger partial charge in [-0.2, -0.15) is 0 Å². The van der Waals surface area contributed by atoms with Crippen molar-refractivity contribution in [2.24, 2.45) is 0 Å². The highest BCUT2D eigenvalue weighted by Crippen LogP contribution is 2.33. The quantitative estimate of drug-likeness (QED) is 0.929. The van der Waals surface area contributed by atoms with Crippen LogP contribution in [0.15, 0.2) is 23.1 Å². The van der Waals surface area contributed by atoms with Crippen LogP contribution in [0.4, 0.5) is 4.79 Å². The van der Waals surface area contributed by atoms with Crippen molar-refractivity contribution in [3.63, 3.8) is 0 Å². The number of hydrogen-bond acceptors (Lipinski definition) is 3. The average Bonchev–Trinajstić information content (AvgIpc) is 2.28. The maximum absolute atomic E-state index is 12.0. The van der Waals surface area contributed by atoms with Crippen LogP contribution < -0.4 is 0 Å². The van der Waals surface area contributed by atoms with Crippen LogP contribution >= 0.6 is 11.6 Å². The Bertz CT molecular complexity index is 636. The summed E-state index contributed by atoms with van der Waals surface area (Å²) in [6.45, 7) is 4.03. The van der Waals surface area contributed by atoms with Crippen LogP contribution in [0, 0.1) is 0 Å². The van der Waals surface area contributed by atoms with Gasteiger partial charge in [-0.1, -0.05) is 17.7 Å². The van der Waals surface area contributed by atoms with E-state index in [9.17, 15) is 13.2 Å². The minimum Gasteiger partial charge on any atom is -0.465 e. The first kappa shape index (κ1) is 15.1. The number of carbonyl (C=O) groups is 1. The van der Waals surface area contributed by atoms with Crippen LogP contribution in [0.2, 0.25) is 5.02 Å². The summed E-state index contributed by atoms with van der Waals surface area (Å²) < 4.78 is 24.1. The summed E-state index contributed by atoms with van der Waals surface area (Å²) in [5.74, 6) is 0.0365. The molecule has 1 aromatic rings. The van der Waals surface area contributed by atoms with Gasteiger partial charge in [0.1, 0.15) is 0 Å². The highest BCUT2D eigenvalue weighted by atomic mass is 35.5. The lowest BCUT2D eigenvalue weighted by Crippen LogP contribution is -2.47. The largest absolute Gasteiger partial charge is 0.465 e. The van der Waals surface area contributed by atoms with Crippen molar-refractivity contribution in [3.05, 3.63) is 28.8 Å². The molecule has 1 N–H and O–H groups in total. The van der Waals surface area contributed by atoms with Crippen molar-refractivity contribution in [3.8, 4) is 0 Å². The van der Waals surface area contributed by atoms with E-state index in [0.29, 0.717) is 18.1 Å². The fourth-order valence-corrected chi connectivity index (χ4v) is 3.60. The molecule has 1 amide bonds. The SMILES string of the molecule is CC(C)S(=O)(=O)c1ccc(C2CN(C(=O)O)C2)c(Cl)c1. The molecule has 2 rings (SSSR count). The molecule has 1 saturated heterocycles. The minimum atomic E-state index is -3.34. The lowest BCUT2D eigenvalue weighted by Gasteiger charge is -2.37. The van der Waals surface area contributed by atoms with Crippen molar-refractivity contribution in [1.82, 2.24) is 4.90 Å². The Balaban J connectivity index is 2.22. The predicted octanol–water partition coefficient (Wildman–Crippen LogP) is 2.60. The molecule has 20 heavy (non-hydrogen) atoms. The van der Waals surface area contributed by atoms with Crippen molar-refractivity contribution in [1.29, 1.82) is 0 Å². The number of halogens is 1. The fraction of sp³-hybridized carbons (Fsp3) is 0.462. The summed E-state index contributed by atoms with van der Waals surface area (Å²) >= 11 is 6.14. The van der Waals surface area contributed by atoms with Crippen LogP contribution in [0.1, 0.15) is 25.3 Å². The molecule has 1 aliphatic rings. The van der Waals surface area contributed by atoms with Crippen molar-refractivity contribution in [2.75, 3.05) is 13.1 Å². The zero-order valence-electron chi connectivity index (χ0n) is 11.2. The second-order valence-corrected chi connectivity index (χ2v) is 8.07. The van der Waals surface area contributed by atoms with Gasteiger partial charge in [0.05, 0.1) is 10.1 Å². The average molecular weight is 318 g/mol. The van der Waals surface area contributed by atoms with Crippen LogP contribution in [-0.4, -0.2) is 42.9 Å². The van der Waals surface area contributed by atoms with Gasteiger partial charge in [-0.15, -0.1) is 0 Å². The summed E-state index contributed by atoms with van der Waals surface area (Å²) in [4.78, 5) is 12.2. The van der Waals surface area contributed by atoms with Gasteiger partial charge < -0.3 is 10.0 Å². The first-order valence-electron chi connectivity index (χ1n) is 6.24. The summed E-state index contributed by atoms with van der Waals surface area (Å²) in [5.41, 5.74) is 0.798. The van der Waals surface area contributed by atoms with Gasteiger partial charge >= 0.3 is 6.09 Å². The molecule has 0 radical (unpaired) electrons. The molecular formula is C13H16ClNO4S. The Morgan fingerprint density at radius 3 is 2.45 bits per heavy atom. The standard InChI is InChI=1S/C13H16ClNO4S/c1-8(2)20(18,19)10-3-4-11(12(14)5-10)9-6-15(7-9)13(16)17/h3-5,8-9H,6-7H2,1-2H3,(H,16,17). The Kier molecular flexibility index (Phi) is 3.97. The number of carboxylic acid groups (broad SMARTS) is 1. The van der Waals surface area contributed by atoms with E-state index in [1.165, 1.54) is 11.0 Å². The molecule has 0 aromatic heterocycles. The molecule has 0 spiro atoms.